The van der Waals surface area contributed by atoms with Gasteiger partial charge in [0.05, 0.1) is 12.6 Å². The molecule has 10 heavy (non-hydrogen) atoms. The number of piperidine rings is 1. The first-order chi connectivity index (χ1) is 4.54. The second-order valence-electron chi connectivity index (χ2n) is 2.75. The standard InChI is InChI=1S/C6H11F2NO/c1-4-5(10)2-9-3-6(4,7)8/h4-5,9-10H,2-3H2,1H3/t4-,5+/m1/s1. The lowest BCUT2D eigenvalue weighted by Crippen LogP contribution is -2.52. The fraction of sp³-hybridized carbons (Fsp3) is 1.00. The SMILES string of the molecule is C[C@@H]1[C@@H](O)CNCC1(F)F. The first kappa shape index (κ1) is 7.88. The summed E-state index contributed by atoms with van der Waals surface area (Å²) in [5, 5.41) is 11.4. The van der Waals surface area contributed by atoms with Crippen LogP contribution in [0.25, 0.3) is 0 Å². The van der Waals surface area contributed by atoms with Crippen molar-refractivity contribution in [3.8, 4) is 0 Å². The van der Waals surface area contributed by atoms with Gasteiger partial charge in [-0.1, -0.05) is 6.92 Å². The van der Waals surface area contributed by atoms with Crippen LogP contribution in [-0.4, -0.2) is 30.2 Å². The lowest BCUT2D eigenvalue weighted by atomic mass is 9.94. The number of aliphatic hydroxyl groups is 1. The number of rotatable bonds is 0. The molecule has 0 unspecified atom stereocenters. The average molecular weight is 151 g/mol. The van der Waals surface area contributed by atoms with Gasteiger partial charge in [0.1, 0.15) is 0 Å². The molecule has 1 fully saturated rings. The maximum atomic E-state index is 12.6. The molecule has 0 spiro atoms. The molecule has 0 aliphatic carbocycles. The van der Waals surface area contributed by atoms with Crippen molar-refractivity contribution in [2.24, 2.45) is 5.92 Å². The number of halogens is 2. The Morgan fingerprint density at radius 3 is 2.60 bits per heavy atom. The van der Waals surface area contributed by atoms with Crippen LogP contribution in [0.4, 0.5) is 8.78 Å². The van der Waals surface area contributed by atoms with Gasteiger partial charge >= 0.3 is 0 Å². The molecule has 0 bridgehead atoms. The highest BCUT2D eigenvalue weighted by Gasteiger charge is 2.43. The molecule has 0 aromatic heterocycles. The fourth-order valence-corrected chi connectivity index (χ4v) is 1.01. The molecular formula is C6H11F2NO. The maximum absolute atomic E-state index is 12.6. The third-order valence-corrected chi connectivity index (χ3v) is 1.96. The Kier molecular flexibility index (Phi) is 1.92. The van der Waals surface area contributed by atoms with Crippen LogP contribution in [0.2, 0.25) is 0 Å². The molecule has 2 atom stereocenters. The van der Waals surface area contributed by atoms with E-state index in [1.807, 2.05) is 0 Å². The van der Waals surface area contributed by atoms with Gasteiger partial charge in [0, 0.05) is 12.5 Å². The first-order valence-electron chi connectivity index (χ1n) is 3.30. The Hall–Kier alpha value is -0.220. The molecule has 0 aromatic rings. The molecular weight excluding hydrogens is 140 g/mol. The van der Waals surface area contributed by atoms with Crippen molar-refractivity contribution in [1.29, 1.82) is 0 Å². The molecule has 0 aromatic carbocycles. The largest absolute Gasteiger partial charge is 0.391 e. The molecule has 1 aliphatic heterocycles. The highest BCUT2D eigenvalue weighted by molar-refractivity contribution is 4.87. The zero-order valence-electron chi connectivity index (χ0n) is 5.77. The summed E-state index contributed by atoms with van der Waals surface area (Å²) in [6.07, 6.45) is -0.913. The molecule has 1 rings (SSSR count). The molecule has 1 saturated heterocycles. The minimum atomic E-state index is -2.75. The van der Waals surface area contributed by atoms with E-state index in [1.54, 1.807) is 0 Å². The molecule has 2 N–H and O–H groups in total. The highest BCUT2D eigenvalue weighted by atomic mass is 19.3. The highest BCUT2D eigenvalue weighted by Crippen LogP contribution is 2.28. The monoisotopic (exact) mass is 151 g/mol. The summed E-state index contributed by atoms with van der Waals surface area (Å²) < 4.78 is 25.3. The van der Waals surface area contributed by atoms with Crippen molar-refractivity contribution in [3.05, 3.63) is 0 Å². The van der Waals surface area contributed by atoms with E-state index < -0.39 is 17.9 Å². The zero-order chi connectivity index (χ0) is 7.78. The van der Waals surface area contributed by atoms with Crippen molar-refractivity contribution in [2.45, 2.75) is 19.0 Å². The van der Waals surface area contributed by atoms with Crippen LogP contribution in [0, 0.1) is 5.92 Å². The average Bonchev–Trinajstić information content (AvgIpc) is 1.83. The van der Waals surface area contributed by atoms with Gasteiger partial charge < -0.3 is 10.4 Å². The van der Waals surface area contributed by atoms with E-state index in [9.17, 15) is 8.78 Å². The van der Waals surface area contributed by atoms with Gasteiger partial charge in [-0.3, -0.25) is 0 Å². The van der Waals surface area contributed by atoms with Crippen LogP contribution in [0.3, 0.4) is 0 Å². The van der Waals surface area contributed by atoms with E-state index in [1.165, 1.54) is 6.92 Å². The number of hydrogen-bond donors (Lipinski definition) is 2. The van der Waals surface area contributed by atoms with Gasteiger partial charge in [-0.05, 0) is 0 Å². The van der Waals surface area contributed by atoms with Crippen molar-refractivity contribution in [1.82, 2.24) is 5.32 Å². The van der Waals surface area contributed by atoms with Crippen LogP contribution >= 0.6 is 0 Å². The normalized spacial score (nSPS) is 39.6. The van der Waals surface area contributed by atoms with Gasteiger partial charge in [-0.25, -0.2) is 8.78 Å². The Morgan fingerprint density at radius 1 is 1.60 bits per heavy atom. The molecule has 0 amide bonds. The fourth-order valence-electron chi connectivity index (χ4n) is 1.01. The number of hydrogen-bond acceptors (Lipinski definition) is 2. The Balaban J connectivity index is 2.60. The molecule has 60 valence electrons. The lowest BCUT2D eigenvalue weighted by molar-refractivity contribution is -0.113. The lowest BCUT2D eigenvalue weighted by Gasteiger charge is -2.33. The van der Waals surface area contributed by atoms with Crippen LogP contribution in [0.15, 0.2) is 0 Å². The summed E-state index contributed by atoms with van der Waals surface area (Å²) in [7, 11) is 0. The predicted molar refractivity (Wildman–Crippen MR) is 33.0 cm³/mol. The van der Waals surface area contributed by atoms with Crippen LogP contribution in [0.1, 0.15) is 6.92 Å². The van der Waals surface area contributed by atoms with Crippen LogP contribution in [0.5, 0.6) is 0 Å². The Labute approximate surface area is 58.2 Å². The minimum absolute atomic E-state index is 0.275. The zero-order valence-corrected chi connectivity index (χ0v) is 5.77. The van der Waals surface area contributed by atoms with Gasteiger partial charge in [0.2, 0.25) is 0 Å². The Morgan fingerprint density at radius 2 is 2.20 bits per heavy atom. The summed E-state index contributed by atoms with van der Waals surface area (Å²) in [5.74, 6) is -3.67. The van der Waals surface area contributed by atoms with Crippen molar-refractivity contribution in [2.75, 3.05) is 13.1 Å². The summed E-state index contributed by atoms with van der Waals surface area (Å²) in [4.78, 5) is 0. The van der Waals surface area contributed by atoms with Crippen LogP contribution < -0.4 is 5.32 Å². The summed E-state index contributed by atoms with van der Waals surface area (Å²) >= 11 is 0. The maximum Gasteiger partial charge on any atom is 0.265 e. The van der Waals surface area contributed by atoms with E-state index >= 15 is 0 Å². The van der Waals surface area contributed by atoms with E-state index in [0.29, 0.717) is 0 Å². The number of nitrogens with one attached hydrogen (secondary N) is 1. The summed E-state index contributed by atoms with van der Waals surface area (Å²) in [5.41, 5.74) is 0. The van der Waals surface area contributed by atoms with Crippen molar-refractivity contribution < 1.29 is 13.9 Å². The second kappa shape index (κ2) is 2.43. The van der Waals surface area contributed by atoms with E-state index in [2.05, 4.69) is 5.32 Å². The van der Waals surface area contributed by atoms with Gasteiger partial charge in [-0.15, -0.1) is 0 Å². The van der Waals surface area contributed by atoms with Crippen molar-refractivity contribution >= 4 is 0 Å². The van der Waals surface area contributed by atoms with E-state index in [-0.39, 0.29) is 13.1 Å². The molecule has 4 heteroatoms. The van der Waals surface area contributed by atoms with E-state index in [4.69, 9.17) is 5.11 Å². The Bertz CT molecular complexity index is 129. The quantitative estimate of drug-likeness (QED) is 0.519. The van der Waals surface area contributed by atoms with Gasteiger partial charge in [0.15, 0.2) is 0 Å². The van der Waals surface area contributed by atoms with E-state index in [0.717, 1.165) is 0 Å². The van der Waals surface area contributed by atoms with Gasteiger partial charge in [0.25, 0.3) is 5.92 Å². The molecule has 2 nitrogen and oxygen atoms in total. The number of β-amino-alcohol motifs (C(OH)–C–C–N with tert-alkyl or cyclic N) is 1. The van der Waals surface area contributed by atoms with Crippen molar-refractivity contribution in [3.63, 3.8) is 0 Å². The number of alkyl halides is 2. The third-order valence-electron chi connectivity index (χ3n) is 1.96. The first-order valence-corrected chi connectivity index (χ1v) is 3.30. The molecule has 1 aliphatic rings. The smallest absolute Gasteiger partial charge is 0.265 e. The van der Waals surface area contributed by atoms with Crippen LogP contribution in [-0.2, 0) is 0 Å². The topological polar surface area (TPSA) is 32.3 Å². The van der Waals surface area contributed by atoms with Gasteiger partial charge in [-0.2, -0.15) is 0 Å². The minimum Gasteiger partial charge on any atom is -0.391 e. The summed E-state index contributed by atoms with van der Waals surface area (Å²) in [6, 6.07) is 0. The molecule has 1 heterocycles. The molecule has 0 saturated carbocycles. The second-order valence-corrected chi connectivity index (χ2v) is 2.75. The molecule has 0 radical (unpaired) electrons. The number of aliphatic hydroxyl groups excluding tert-OH is 1. The summed E-state index contributed by atoms with van der Waals surface area (Å²) in [6.45, 7) is 1.33. The third kappa shape index (κ3) is 1.27. The predicted octanol–water partition coefficient (Wildman–Crippen LogP) is 0.222.